The Morgan fingerprint density at radius 3 is 1.59 bits per heavy atom. The normalized spacial score (nSPS) is 13.1. The number of fused-ring (bicyclic) bond motifs is 6. The van der Waals surface area contributed by atoms with Gasteiger partial charge in [0.15, 0.2) is 0 Å². The Morgan fingerprint density at radius 2 is 0.957 bits per heavy atom. The zero-order valence-corrected chi connectivity index (χ0v) is 25.5. The van der Waals surface area contributed by atoms with Crippen molar-refractivity contribution in [2.75, 3.05) is 4.90 Å². The van der Waals surface area contributed by atoms with E-state index in [1.165, 1.54) is 27.8 Å². The molecule has 0 aliphatic heterocycles. The summed E-state index contributed by atoms with van der Waals surface area (Å²) in [4.78, 5) is 2.29. The standard InChI is InChI=1S/C44H31NO/c1-44(39-20-10-8-17-35(39)36-18-9-11-21-40(36)44)41-22-12-19-38-37-28-25-31(29-42(37)46-43(38)41)30-23-26-34(27-24-30)45(32-13-4-2-5-14-32)33-15-6-3-7-16-33/h2-29H,1H3. The summed E-state index contributed by atoms with van der Waals surface area (Å²) in [5.41, 5.74) is 13.7. The lowest BCUT2D eigenvalue weighted by atomic mass is 9.74. The molecule has 0 fully saturated rings. The van der Waals surface area contributed by atoms with Crippen LogP contribution in [0.1, 0.15) is 23.6 Å². The number of rotatable bonds is 5. The van der Waals surface area contributed by atoms with Gasteiger partial charge in [-0.3, -0.25) is 0 Å². The van der Waals surface area contributed by atoms with E-state index in [0.717, 1.165) is 50.1 Å². The van der Waals surface area contributed by atoms with Gasteiger partial charge in [0.2, 0.25) is 0 Å². The summed E-state index contributed by atoms with van der Waals surface area (Å²) in [5, 5.41) is 2.29. The van der Waals surface area contributed by atoms with Crippen molar-refractivity contribution in [2.24, 2.45) is 0 Å². The molecule has 9 rings (SSSR count). The quantitative estimate of drug-likeness (QED) is 0.199. The van der Waals surface area contributed by atoms with Crippen molar-refractivity contribution in [3.05, 3.63) is 187 Å². The average Bonchev–Trinajstić information content (AvgIpc) is 3.63. The van der Waals surface area contributed by atoms with Crippen molar-refractivity contribution >= 4 is 39.0 Å². The summed E-state index contributed by atoms with van der Waals surface area (Å²) in [5.74, 6) is 0. The highest BCUT2D eigenvalue weighted by Gasteiger charge is 2.42. The van der Waals surface area contributed by atoms with Crippen LogP contribution in [-0.2, 0) is 5.41 Å². The van der Waals surface area contributed by atoms with Crippen LogP contribution in [0.3, 0.4) is 0 Å². The van der Waals surface area contributed by atoms with E-state index in [2.05, 4.69) is 182 Å². The van der Waals surface area contributed by atoms with E-state index in [-0.39, 0.29) is 5.41 Å². The van der Waals surface area contributed by atoms with Gasteiger partial charge in [0.05, 0.1) is 0 Å². The van der Waals surface area contributed by atoms with Gasteiger partial charge in [0.25, 0.3) is 0 Å². The largest absolute Gasteiger partial charge is 0.456 e. The topological polar surface area (TPSA) is 16.4 Å². The Hall–Kier alpha value is -5.86. The van der Waals surface area contributed by atoms with Crippen molar-refractivity contribution < 1.29 is 4.42 Å². The first-order chi connectivity index (χ1) is 22.7. The number of hydrogen-bond acceptors (Lipinski definition) is 2. The predicted octanol–water partition coefficient (Wildman–Crippen LogP) is 12.1. The third-order valence-corrected chi connectivity index (χ3v) is 9.75. The second kappa shape index (κ2) is 10.4. The summed E-state index contributed by atoms with van der Waals surface area (Å²) < 4.78 is 6.82. The molecule has 218 valence electrons. The smallest absolute Gasteiger partial charge is 0.139 e. The second-order valence-electron chi connectivity index (χ2n) is 12.3. The van der Waals surface area contributed by atoms with Crippen molar-refractivity contribution in [1.82, 2.24) is 0 Å². The maximum atomic E-state index is 6.82. The van der Waals surface area contributed by atoms with Crippen LogP contribution < -0.4 is 4.90 Å². The summed E-state index contributed by atoms with van der Waals surface area (Å²) in [6, 6.07) is 60.7. The molecule has 0 saturated heterocycles. The Balaban J connectivity index is 1.13. The van der Waals surface area contributed by atoms with Gasteiger partial charge in [0.1, 0.15) is 11.2 Å². The summed E-state index contributed by atoms with van der Waals surface area (Å²) in [6.07, 6.45) is 0. The molecule has 1 aliphatic carbocycles. The van der Waals surface area contributed by atoms with Gasteiger partial charge >= 0.3 is 0 Å². The van der Waals surface area contributed by atoms with Crippen LogP contribution >= 0.6 is 0 Å². The molecule has 0 saturated carbocycles. The van der Waals surface area contributed by atoms with Crippen LogP contribution in [-0.4, -0.2) is 0 Å². The van der Waals surface area contributed by atoms with Crippen LogP contribution in [0.15, 0.2) is 174 Å². The van der Waals surface area contributed by atoms with Crippen molar-refractivity contribution in [1.29, 1.82) is 0 Å². The fourth-order valence-electron chi connectivity index (χ4n) is 7.52. The number of furan rings is 1. The van der Waals surface area contributed by atoms with Gasteiger partial charge in [-0.05, 0) is 88.8 Å². The molecule has 2 nitrogen and oxygen atoms in total. The zero-order valence-electron chi connectivity index (χ0n) is 25.5. The van der Waals surface area contributed by atoms with E-state index >= 15 is 0 Å². The van der Waals surface area contributed by atoms with Gasteiger partial charge < -0.3 is 9.32 Å². The number of nitrogens with zero attached hydrogens (tertiary/aromatic N) is 1. The highest BCUT2D eigenvalue weighted by atomic mass is 16.3. The van der Waals surface area contributed by atoms with Gasteiger partial charge in [-0.1, -0.05) is 121 Å². The van der Waals surface area contributed by atoms with Gasteiger partial charge in [0, 0.05) is 38.8 Å². The van der Waals surface area contributed by atoms with Crippen LogP contribution in [0.25, 0.3) is 44.2 Å². The molecule has 0 spiro atoms. The third kappa shape index (κ3) is 3.97. The molecule has 7 aromatic carbocycles. The molecule has 0 N–H and O–H groups in total. The molecule has 0 bridgehead atoms. The molecular formula is C44H31NO. The Labute approximate surface area is 268 Å². The lowest BCUT2D eigenvalue weighted by molar-refractivity contribution is 0.638. The molecule has 1 aromatic heterocycles. The minimum atomic E-state index is -0.317. The van der Waals surface area contributed by atoms with Crippen LogP contribution in [0.2, 0.25) is 0 Å². The lowest BCUT2D eigenvalue weighted by Gasteiger charge is -2.28. The summed E-state index contributed by atoms with van der Waals surface area (Å²) in [6.45, 7) is 2.35. The third-order valence-electron chi connectivity index (χ3n) is 9.75. The monoisotopic (exact) mass is 589 g/mol. The lowest BCUT2D eigenvalue weighted by Crippen LogP contribution is -2.22. The van der Waals surface area contributed by atoms with Crippen LogP contribution in [0.5, 0.6) is 0 Å². The number of benzene rings is 7. The van der Waals surface area contributed by atoms with Crippen molar-refractivity contribution in [3.8, 4) is 22.3 Å². The van der Waals surface area contributed by atoms with E-state index in [4.69, 9.17) is 4.42 Å². The van der Waals surface area contributed by atoms with Crippen molar-refractivity contribution in [2.45, 2.75) is 12.3 Å². The number of para-hydroxylation sites is 3. The van der Waals surface area contributed by atoms with Gasteiger partial charge in [-0.2, -0.15) is 0 Å². The SMILES string of the molecule is CC1(c2cccc3c2oc2cc(-c4ccc(N(c5ccccc5)c5ccccc5)cc4)ccc23)c2ccccc2-c2ccccc21. The molecule has 8 aromatic rings. The first kappa shape index (κ1) is 26.5. The fourth-order valence-corrected chi connectivity index (χ4v) is 7.52. The fraction of sp³-hybridized carbons (Fsp3) is 0.0455. The number of anilines is 3. The Kier molecular flexibility index (Phi) is 5.97. The summed E-state index contributed by atoms with van der Waals surface area (Å²) >= 11 is 0. The molecule has 0 radical (unpaired) electrons. The Bertz CT molecular complexity index is 2280. The number of hydrogen-bond donors (Lipinski definition) is 0. The molecule has 0 atom stereocenters. The molecule has 46 heavy (non-hydrogen) atoms. The molecule has 2 heteroatoms. The predicted molar refractivity (Wildman–Crippen MR) is 191 cm³/mol. The molecule has 1 heterocycles. The van der Waals surface area contributed by atoms with Gasteiger partial charge in [-0.15, -0.1) is 0 Å². The summed E-state index contributed by atoms with van der Waals surface area (Å²) in [7, 11) is 0. The van der Waals surface area contributed by atoms with Crippen LogP contribution in [0.4, 0.5) is 17.1 Å². The highest BCUT2D eigenvalue weighted by molar-refractivity contribution is 6.08. The second-order valence-corrected chi connectivity index (χ2v) is 12.3. The van der Waals surface area contributed by atoms with Crippen molar-refractivity contribution in [3.63, 3.8) is 0 Å². The highest BCUT2D eigenvalue weighted by Crippen LogP contribution is 2.54. The Morgan fingerprint density at radius 1 is 0.435 bits per heavy atom. The van der Waals surface area contributed by atoms with E-state index in [1.54, 1.807) is 0 Å². The molecule has 0 amide bonds. The zero-order chi connectivity index (χ0) is 30.7. The first-order valence-corrected chi connectivity index (χ1v) is 15.9. The molecule has 1 aliphatic rings. The molecular weight excluding hydrogens is 558 g/mol. The van der Waals surface area contributed by atoms with E-state index in [1.807, 2.05) is 0 Å². The van der Waals surface area contributed by atoms with Crippen LogP contribution in [0, 0.1) is 0 Å². The average molecular weight is 590 g/mol. The minimum Gasteiger partial charge on any atom is -0.456 e. The minimum absolute atomic E-state index is 0.317. The van der Waals surface area contributed by atoms with E-state index in [9.17, 15) is 0 Å². The molecule has 0 unspecified atom stereocenters. The maximum absolute atomic E-state index is 6.82. The van der Waals surface area contributed by atoms with E-state index < -0.39 is 0 Å². The van der Waals surface area contributed by atoms with E-state index in [0.29, 0.717) is 0 Å². The first-order valence-electron chi connectivity index (χ1n) is 15.9. The van der Waals surface area contributed by atoms with Gasteiger partial charge in [-0.25, -0.2) is 0 Å². The maximum Gasteiger partial charge on any atom is 0.139 e.